The van der Waals surface area contributed by atoms with E-state index >= 15 is 0 Å². The molecule has 0 radical (unpaired) electrons. The Hall–Kier alpha value is -2.40. The van der Waals surface area contributed by atoms with Gasteiger partial charge in [-0.2, -0.15) is 0 Å². The van der Waals surface area contributed by atoms with Crippen LogP contribution in [0.25, 0.3) is 0 Å². The number of rotatable bonds is 7. The highest BCUT2D eigenvalue weighted by molar-refractivity contribution is 5.67. The van der Waals surface area contributed by atoms with Gasteiger partial charge in [0.1, 0.15) is 6.61 Å². The molecule has 1 aromatic heterocycles. The number of hydrogen-bond donors (Lipinski definition) is 1. The molecule has 1 aromatic carbocycles. The number of benzene rings is 1. The Kier molecular flexibility index (Phi) is 6.56. The van der Waals surface area contributed by atoms with Crippen molar-refractivity contribution in [2.45, 2.75) is 25.6 Å². The van der Waals surface area contributed by atoms with Crippen LogP contribution in [-0.4, -0.2) is 34.7 Å². The second kappa shape index (κ2) is 8.90. The highest BCUT2D eigenvalue weighted by Crippen LogP contribution is 2.17. The molecule has 0 aliphatic carbocycles. The number of ether oxygens (including phenoxy) is 1. The zero-order valence-electron chi connectivity index (χ0n) is 13.3. The zero-order chi connectivity index (χ0) is 16.5. The summed E-state index contributed by atoms with van der Waals surface area (Å²) in [4.78, 5) is 17.4. The Labute approximate surface area is 136 Å². The van der Waals surface area contributed by atoms with Crippen molar-refractivity contribution < 1.29 is 14.6 Å². The van der Waals surface area contributed by atoms with Gasteiger partial charge in [-0.05, 0) is 30.0 Å². The predicted molar refractivity (Wildman–Crippen MR) is 87.7 cm³/mol. The van der Waals surface area contributed by atoms with Gasteiger partial charge in [-0.3, -0.25) is 4.98 Å². The fourth-order valence-electron chi connectivity index (χ4n) is 2.18. The number of aliphatic hydroxyl groups is 1. The van der Waals surface area contributed by atoms with Crippen molar-refractivity contribution >= 4 is 6.09 Å². The summed E-state index contributed by atoms with van der Waals surface area (Å²) in [7, 11) is 1.70. The maximum absolute atomic E-state index is 11.9. The molecule has 0 spiro atoms. The fraction of sp³-hybridized carbons (Fsp3) is 0.333. The summed E-state index contributed by atoms with van der Waals surface area (Å²) in [5.74, 6) is 0. The lowest BCUT2D eigenvalue weighted by Crippen LogP contribution is -2.28. The average molecular weight is 314 g/mol. The normalized spacial score (nSPS) is 11.7. The third-order valence-electron chi connectivity index (χ3n) is 3.56. The standard InChI is InChI=1S/C18H22N2O3/c1-20(18(22)23-14-15-7-3-2-4-8-15)12-6-10-17(21)16-9-5-11-19-13-16/h2-5,7-9,11,13,17,21H,6,10,12,14H2,1H3/t17-/m0/s1. The van der Waals surface area contributed by atoms with E-state index in [4.69, 9.17) is 4.74 Å². The van der Waals surface area contributed by atoms with Gasteiger partial charge in [0.05, 0.1) is 6.10 Å². The van der Waals surface area contributed by atoms with Crippen LogP contribution >= 0.6 is 0 Å². The third-order valence-corrected chi connectivity index (χ3v) is 3.56. The van der Waals surface area contributed by atoms with Gasteiger partial charge in [0.25, 0.3) is 0 Å². The van der Waals surface area contributed by atoms with E-state index in [2.05, 4.69) is 4.98 Å². The fourth-order valence-corrected chi connectivity index (χ4v) is 2.18. The Morgan fingerprint density at radius 2 is 2.04 bits per heavy atom. The van der Waals surface area contributed by atoms with E-state index < -0.39 is 6.10 Å². The number of aromatic nitrogens is 1. The number of nitrogens with zero attached hydrogens (tertiary/aromatic N) is 2. The molecule has 0 saturated carbocycles. The largest absolute Gasteiger partial charge is 0.445 e. The molecule has 0 saturated heterocycles. The molecule has 2 rings (SSSR count). The molecule has 122 valence electrons. The van der Waals surface area contributed by atoms with Gasteiger partial charge in [-0.1, -0.05) is 36.4 Å². The smallest absolute Gasteiger partial charge is 0.409 e. The van der Waals surface area contributed by atoms with Gasteiger partial charge in [-0.25, -0.2) is 4.79 Å². The highest BCUT2D eigenvalue weighted by atomic mass is 16.6. The van der Waals surface area contributed by atoms with E-state index in [0.29, 0.717) is 19.4 Å². The van der Waals surface area contributed by atoms with Crippen molar-refractivity contribution in [3.05, 3.63) is 66.0 Å². The minimum atomic E-state index is -0.558. The summed E-state index contributed by atoms with van der Waals surface area (Å²) < 4.78 is 5.25. The summed E-state index contributed by atoms with van der Waals surface area (Å²) in [5.41, 5.74) is 1.75. The van der Waals surface area contributed by atoms with Gasteiger partial charge < -0.3 is 14.7 Å². The van der Waals surface area contributed by atoms with Gasteiger partial charge >= 0.3 is 6.09 Å². The first kappa shape index (κ1) is 17.0. The van der Waals surface area contributed by atoms with Crippen molar-refractivity contribution in [2.24, 2.45) is 0 Å². The molecule has 0 aliphatic heterocycles. The molecule has 0 fully saturated rings. The van der Waals surface area contributed by atoms with Crippen LogP contribution < -0.4 is 0 Å². The summed E-state index contributed by atoms with van der Waals surface area (Å²) in [6.07, 6.45) is 3.67. The molecule has 5 heteroatoms. The molecule has 23 heavy (non-hydrogen) atoms. The van der Waals surface area contributed by atoms with E-state index in [1.165, 1.54) is 4.90 Å². The predicted octanol–water partition coefficient (Wildman–Crippen LogP) is 3.16. The number of carbonyl (C=O) groups excluding carboxylic acids is 1. The maximum Gasteiger partial charge on any atom is 0.409 e. The van der Waals surface area contributed by atoms with E-state index in [1.54, 1.807) is 25.5 Å². The molecule has 5 nitrogen and oxygen atoms in total. The molecule has 2 aromatic rings. The SMILES string of the molecule is CN(CCC[C@H](O)c1cccnc1)C(=O)OCc1ccccc1. The monoisotopic (exact) mass is 314 g/mol. The van der Waals surface area contributed by atoms with Crippen LogP contribution in [0.3, 0.4) is 0 Å². The first-order valence-electron chi connectivity index (χ1n) is 7.66. The quantitative estimate of drug-likeness (QED) is 0.852. The van der Waals surface area contributed by atoms with Gasteiger partial charge in [0, 0.05) is 26.0 Å². The van der Waals surface area contributed by atoms with E-state index in [0.717, 1.165) is 11.1 Å². The van der Waals surface area contributed by atoms with Crippen LogP contribution in [0.1, 0.15) is 30.1 Å². The van der Waals surface area contributed by atoms with Crippen molar-refractivity contribution in [3.63, 3.8) is 0 Å². The Morgan fingerprint density at radius 3 is 2.74 bits per heavy atom. The van der Waals surface area contributed by atoms with E-state index in [-0.39, 0.29) is 12.7 Å². The molecule has 0 bridgehead atoms. The maximum atomic E-state index is 11.9. The Bertz CT molecular complexity index is 590. The number of hydrogen-bond acceptors (Lipinski definition) is 4. The third kappa shape index (κ3) is 5.71. The highest BCUT2D eigenvalue weighted by Gasteiger charge is 2.12. The van der Waals surface area contributed by atoms with Crippen molar-refractivity contribution in [1.29, 1.82) is 0 Å². The number of aliphatic hydroxyl groups excluding tert-OH is 1. The second-order valence-electron chi connectivity index (χ2n) is 5.41. The van der Waals surface area contributed by atoms with Crippen LogP contribution in [0.5, 0.6) is 0 Å². The van der Waals surface area contributed by atoms with E-state index in [1.807, 2.05) is 36.4 Å². The number of carbonyl (C=O) groups is 1. The lowest BCUT2D eigenvalue weighted by molar-refractivity contribution is 0.101. The Morgan fingerprint density at radius 1 is 1.26 bits per heavy atom. The van der Waals surface area contributed by atoms with Crippen molar-refractivity contribution in [1.82, 2.24) is 9.88 Å². The summed E-state index contributed by atoms with van der Waals surface area (Å²) in [6.45, 7) is 0.799. The molecule has 1 amide bonds. The second-order valence-corrected chi connectivity index (χ2v) is 5.41. The van der Waals surface area contributed by atoms with Crippen LogP contribution in [-0.2, 0) is 11.3 Å². The van der Waals surface area contributed by atoms with Crippen LogP contribution in [0, 0.1) is 0 Å². The number of pyridine rings is 1. The molecule has 0 aliphatic rings. The summed E-state index contributed by atoms with van der Waals surface area (Å²) in [6, 6.07) is 13.2. The molecule has 0 unspecified atom stereocenters. The van der Waals surface area contributed by atoms with Crippen LogP contribution in [0.4, 0.5) is 4.79 Å². The molecular formula is C18H22N2O3. The topological polar surface area (TPSA) is 62.7 Å². The molecule has 1 heterocycles. The minimum Gasteiger partial charge on any atom is -0.445 e. The summed E-state index contributed by atoms with van der Waals surface area (Å²) >= 11 is 0. The first-order valence-corrected chi connectivity index (χ1v) is 7.66. The Balaban J connectivity index is 1.68. The molecular weight excluding hydrogens is 292 g/mol. The van der Waals surface area contributed by atoms with Crippen LogP contribution in [0.2, 0.25) is 0 Å². The number of amides is 1. The van der Waals surface area contributed by atoms with Gasteiger partial charge in [-0.15, -0.1) is 0 Å². The molecule has 1 atom stereocenters. The van der Waals surface area contributed by atoms with Crippen LogP contribution in [0.15, 0.2) is 54.9 Å². The minimum absolute atomic E-state index is 0.266. The van der Waals surface area contributed by atoms with Crippen molar-refractivity contribution in [2.75, 3.05) is 13.6 Å². The van der Waals surface area contributed by atoms with E-state index in [9.17, 15) is 9.90 Å². The van der Waals surface area contributed by atoms with Gasteiger partial charge in [0.2, 0.25) is 0 Å². The van der Waals surface area contributed by atoms with Crippen molar-refractivity contribution in [3.8, 4) is 0 Å². The molecule has 1 N–H and O–H groups in total. The zero-order valence-corrected chi connectivity index (χ0v) is 13.3. The lowest BCUT2D eigenvalue weighted by Gasteiger charge is -2.18. The summed E-state index contributed by atoms with van der Waals surface area (Å²) in [5, 5.41) is 10.0. The lowest BCUT2D eigenvalue weighted by atomic mass is 10.1. The average Bonchev–Trinajstić information content (AvgIpc) is 2.61. The van der Waals surface area contributed by atoms with Gasteiger partial charge in [0.15, 0.2) is 0 Å². The first-order chi connectivity index (χ1) is 11.2.